The molecule has 50 heavy (non-hydrogen) atoms. The van der Waals surface area contributed by atoms with E-state index in [0.29, 0.717) is 54.2 Å². The average Bonchev–Trinajstić information content (AvgIpc) is 3.51. The Bertz CT molecular complexity index is 1390. The summed E-state index contributed by atoms with van der Waals surface area (Å²) in [6, 6.07) is 3.18. The van der Waals surface area contributed by atoms with Crippen LogP contribution in [0, 0.1) is 0 Å². The van der Waals surface area contributed by atoms with Crippen LogP contribution in [0.3, 0.4) is 0 Å². The van der Waals surface area contributed by atoms with Crippen LogP contribution in [-0.2, 0) is 38.2 Å². The first kappa shape index (κ1) is 39.7. The minimum absolute atomic E-state index is 0.00596. The number of hydroxylamine groups is 4. The molecule has 276 valence electrons. The number of hydrogen-bond donors (Lipinski definition) is 6. The Hall–Kier alpha value is -4.77. The van der Waals surface area contributed by atoms with Crippen molar-refractivity contribution in [2.45, 2.75) is 108 Å². The summed E-state index contributed by atoms with van der Waals surface area (Å²) in [5.41, 5.74) is 0.298. The normalized spacial score (nSPS) is 18.6. The van der Waals surface area contributed by atoms with Gasteiger partial charge in [0.05, 0.1) is 12.0 Å². The number of aliphatic imine (C=N–C) groups is 1. The van der Waals surface area contributed by atoms with Gasteiger partial charge in [0.2, 0.25) is 23.6 Å². The van der Waals surface area contributed by atoms with Crippen molar-refractivity contribution in [3.8, 4) is 5.75 Å². The van der Waals surface area contributed by atoms with Crippen molar-refractivity contribution in [3.63, 3.8) is 0 Å². The van der Waals surface area contributed by atoms with Crippen molar-refractivity contribution in [1.82, 2.24) is 20.8 Å². The Morgan fingerprint density at radius 1 is 1.08 bits per heavy atom. The molecule has 1 aromatic carbocycles. The number of nitrogens with one attached hydrogen (secondary N) is 2. The van der Waals surface area contributed by atoms with Crippen molar-refractivity contribution in [1.29, 1.82) is 0 Å². The fraction of sp³-hybridized carbons (Fsp3) is 0.606. The van der Waals surface area contributed by atoms with Gasteiger partial charge in [-0.05, 0) is 70.4 Å². The molecular formula is C33H47N5O12. The number of hydrogen-bond acceptors (Lipinski definition) is 12. The van der Waals surface area contributed by atoms with E-state index in [9.17, 15) is 44.3 Å². The molecule has 0 saturated carbocycles. The van der Waals surface area contributed by atoms with Crippen molar-refractivity contribution in [2.75, 3.05) is 19.7 Å². The predicted octanol–water partition coefficient (Wildman–Crippen LogP) is 1.65. The minimum Gasteiger partial charge on any atom is -0.507 e. The first-order valence-corrected chi connectivity index (χ1v) is 16.9. The highest BCUT2D eigenvalue weighted by molar-refractivity contribution is 6.00. The second-order valence-corrected chi connectivity index (χ2v) is 12.3. The lowest BCUT2D eigenvalue weighted by Gasteiger charge is -2.23. The molecule has 17 heteroatoms. The number of rotatable bonds is 19. The number of phenols is 1. The fourth-order valence-corrected chi connectivity index (χ4v) is 5.41. The highest BCUT2D eigenvalue weighted by Crippen LogP contribution is 2.21. The lowest BCUT2D eigenvalue weighted by Crippen LogP contribution is -2.48. The van der Waals surface area contributed by atoms with Crippen molar-refractivity contribution in [2.24, 2.45) is 4.99 Å². The maximum absolute atomic E-state index is 13.3. The molecular weight excluding hydrogens is 658 g/mol. The number of carbonyl (C=O) groups is 6. The van der Waals surface area contributed by atoms with E-state index in [0.717, 1.165) is 0 Å². The Labute approximate surface area is 289 Å². The first-order valence-electron chi connectivity index (χ1n) is 16.9. The zero-order valence-corrected chi connectivity index (χ0v) is 28.1. The summed E-state index contributed by atoms with van der Waals surface area (Å²) in [6.45, 7) is 1.46. The summed E-state index contributed by atoms with van der Waals surface area (Å²) in [5.74, 6) is -4.13. The molecule has 0 aliphatic carbocycles. The molecule has 1 saturated heterocycles. The number of carbonyl (C=O) groups excluding carboxylic acids is 5. The van der Waals surface area contributed by atoms with Crippen LogP contribution in [0.5, 0.6) is 5.75 Å². The molecule has 4 amide bonds. The monoisotopic (exact) mass is 705 g/mol. The summed E-state index contributed by atoms with van der Waals surface area (Å²) >= 11 is 0. The second kappa shape index (κ2) is 20.0. The number of carboxylic acids is 1. The molecule has 6 N–H and O–H groups in total. The van der Waals surface area contributed by atoms with Crippen LogP contribution in [0.4, 0.5) is 0 Å². The van der Waals surface area contributed by atoms with Crippen LogP contribution >= 0.6 is 0 Å². The second-order valence-electron chi connectivity index (χ2n) is 12.3. The largest absolute Gasteiger partial charge is 0.507 e. The van der Waals surface area contributed by atoms with Gasteiger partial charge in [-0.2, -0.15) is 0 Å². The Balaban J connectivity index is 1.56. The van der Waals surface area contributed by atoms with E-state index in [1.165, 1.54) is 13.0 Å². The van der Waals surface area contributed by atoms with Crippen LogP contribution in [-0.4, -0.2) is 116 Å². The molecule has 0 bridgehead atoms. The van der Waals surface area contributed by atoms with Crippen molar-refractivity contribution in [3.05, 3.63) is 29.8 Å². The zero-order chi connectivity index (χ0) is 36.6. The van der Waals surface area contributed by atoms with Gasteiger partial charge in [0.15, 0.2) is 6.04 Å². The number of phenolic OH excluding ortho intramolecular Hbond substituents is 1. The Morgan fingerprint density at radius 2 is 1.82 bits per heavy atom. The topological polar surface area (TPSA) is 245 Å². The van der Waals surface area contributed by atoms with Crippen molar-refractivity contribution >= 4 is 41.5 Å². The maximum atomic E-state index is 13.3. The minimum atomic E-state index is -1.19. The lowest BCUT2D eigenvalue weighted by atomic mass is 10.1. The molecule has 17 nitrogen and oxygen atoms in total. The number of aromatic hydroxyl groups is 1. The number of unbranched alkanes of at least 4 members (excludes halogenated alkanes) is 3. The number of amides is 4. The quantitative estimate of drug-likeness (QED) is 0.0521. The highest BCUT2D eigenvalue weighted by Gasteiger charge is 2.33. The third-order valence-electron chi connectivity index (χ3n) is 8.16. The summed E-state index contributed by atoms with van der Waals surface area (Å²) in [5, 5.41) is 45.1. The van der Waals surface area contributed by atoms with E-state index in [2.05, 4.69) is 15.6 Å². The number of esters is 1. The smallest absolute Gasteiger partial charge is 0.328 e. The molecule has 0 aromatic heterocycles. The van der Waals surface area contributed by atoms with Gasteiger partial charge in [-0.3, -0.25) is 34.4 Å². The average molecular weight is 706 g/mol. The molecule has 3 rings (SSSR count). The summed E-state index contributed by atoms with van der Waals surface area (Å²) < 4.78 is 11.0. The number of carboxylic acid groups (broad SMARTS) is 1. The molecule has 0 spiro atoms. The molecule has 4 atom stereocenters. The number of nitrogens with zero attached hydrogens (tertiary/aromatic N) is 3. The third-order valence-corrected chi connectivity index (χ3v) is 8.16. The van der Waals surface area contributed by atoms with E-state index in [1.54, 1.807) is 18.2 Å². The van der Waals surface area contributed by atoms with Gasteiger partial charge in [-0.25, -0.2) is 19.9 Å². The number of aliphatic carboxylic acids is 1. The molecule has 2 unspecified atom stereocenters. The maximum Gasteiger partial charge on any atom is 0.328 e. The van der Waals surface area contributed by atoms with Gasteiger partial charge < -0.3 is 30.3 Å². The van der Waals surface area contributed by atoms with Gasteiger partial charge >= 0.3 is 11.9 Å². The number of para-hydroxylation sites is 1. The van der Waals surface area contributed by atoms with Crippen LogP contribution in [0.1, 0.15) is 89.5 Å². The van der Waals surface area contributed by atoms with Gasteiger partial charge in [-0.1, -0.05) is 18.6 Å². The molecule has 2 aliphatic heterocycles. The third kappa shape index (κ3) is 12.9. The van der Waals surface area contributed by atoms with Crippen LogP contribution < -0.4 is 10.6 Å². The van der Waals surface area contributed by atoms with E-state index in [1.807, 2.05) is 0 Å². The molecule has 0 radical (unpaired) electrons. The van der Waals surface area contributed by atoms with Crippen molar-refractivity contribution < 1.29 is 58.9 Å². The predicted molar refractivity (Wildman–Crippen MR) is 174 cm³/mol. The summed E-state index contributed by atoms with van der Waals surface area (Å²) in [4.78, 5) is 78.5. The fourth-order valence-electron chi connectivity index (χ4n) is 5.41. The highest BCUT2D eigenvalue weighted by atomic mass is 16.5. The molecule has 1 fully saturated rings. The van der Waals surface area contributed by atoms with Crippen LogP contribution in [0.15, 0.2) is 29.3 Å². The Morgan fingerprint density at radius 3 is 2.56 bits per heavy atom. The van der Waals surface area contributed by atoms with Gasteiger partial charge in [0.25, 0.3) is 5.91 Å². The van der Waals surface area contributed by atoms with Crippen LogP contribution in [0.2, 0.25) is 0 Å². The SMILES string of the molecule is CC(CC(=O)N[C@H]1CCCCN(O)C1=O)OC(=O)[C@H](CCCCN(O)C(=O)CCCCCC(=O)O)NC(=O)C1COC(c2ccccc2O)=N1. The lowest BCUT2D eigenvalue weighted by molar-refractivity contribution is -0.167. The summed E-state index contributed by atoms with van der Waals surface area (Å²) in [7, 11) is 0. The van der Waals surface area contributed by atoms with Crippen LogP contribution in [0.25, 0.3) is 0 Å². The number of benzene rings is 1. The van der Waals surface area contributed by atoms with E-state index in [-0.39, 0.29) is 69.9 Å². The molecule has 2 aliphatic rings. The van der Waals surface area contributed by atoms with Gasteiger partial charge in [0, 0.05) is 25.9 Å². The van der Waals surface area contributed by atoms with E-state index in [4.69, 9.17) is 14.6 Å². The van der Waals surface area contributed by atoms with Gasteiger partial charge in [-0.15, -0.1) is 0 Å². The number of ether oxygens (including phenoxy) is 2. The molecule has 2 heterocycles. The standard InChI is InChI=1S/C33H47N5O12/c1-21(19-27(40)34-23-12-7-10-18-38(48)32(23)45)50-33(46)24(13-8-9-17-37(47)28(41)15-3-2-4-16-29(42)43)35-30(44)25-20-49-31(36-25)22-11-5-6-14-26(22)39/h5-6,11,14,21,23-25,39,47-48H,2-4,7-10,12-13,15-20H2,1H3,(H,34,40)(H,35,44)(H,42,43)/t21?,23-,24-,25?/m0/s1. The Kier molecular flexibility index (Phi) is 15.9. The first-order chi connectivity index (χ1) is 23.8. The molecule has 1 aromatic rings. The summed E-state index contributed by atoms with van der Waals surface area (Å²) in [6.07, 6.45) is 2.35. The van der Waals surface area contributed by atoms with E-state index >= 15 is 0 Å². The van der Waals surface area contributed by atoms with E-state index < -0.39 is 59.8 Å². The zero-order valence-electron chi connectivity index (χ0n) is 28.1. The van der Waals surface area contributed by atoms with Gasteiger partial charge in [0.1, 0.15) is 30.5 Å².